The summed E-state index contributed by atoms with van der Waals surface area (Å²) in [4.78, 5) is 4.36. The fraction of sp³-hybridized carbons (Fsp3) is 0.364. The predicted molar refractivity (Wildman–Crippen MR) is 73.0 cm³/mol. The highest BCUT2D eigenvalue weighted by Crippen LogP contribution is 2.13. The Morgan fingerprint density at radius 3 is 3.19 bits per heavy atom. The van der Waals surface area contributed by atoms with Gasteiger partial charge in [0.05, 0.1) is 11.9 Å². The maximum atomic E-state index is 4.36. The zero-order valence-electron chi connectivity index (χ0n) is 9.11. The fourth-order valence-corrected chi connectivity index (χ4v) is 2.21. The van der Waals surface area contributed by atoms with Crippen LogP contribution in [0, 0.1) is 0 Å². The number of fused-ring (bicyclic) bond motifs is 1. The Morgan fingerprint density at radius 1 is 1.50 bits per heavy atom. The summed E-state index contributed by atoms with van der Waals surface area (Å²) in [7, 11) is 0. The van der Waals surface area contributed by atoms with Crippen molar-refractivity contribution >= 4 is 33.3 Å². The molecule has 0 amide bonds. The molecule has 0 radical (unpaired) electrons. The van der Waals surface area contributed by atoms with Crippen LogP contribution in [0.1, 0.15) is 5.69 Å². The average Bonchev–Trinajstić information content (AvgIpc) is 2.67. The first-order valence-electron chi connectivity index (χ1n) is 5.12. The Hall–Kier alpha value is -0.520. The van der Waals surface area contributed by atoms with E-state index in [1.807, 2.05) is 36.3 Å². The number of halogens is 1. The Morgan fingerprint density at radius 2 is 2.38 bits per heavy atom. The summed E-state index contributed by atoms with van der Waals surface area (Å²) in [5.41, 5.74) is 2.18. The molecule has 0 spiro atoms. The third kappa shape index (κ3) is 2.78. The molecule has 2 aromatic rings. The van der Waals surface area contributed by atoms with Gasteiger partial charge >= 0.3 is 0 Å². The second-order valence-corrected chi connectivity index (χ2v) is 5.40. The van der Waals surface area contributed by atoms with Crippen molar-refractivity contribution in [1.82, 2.24) is 14.7 Å². The van der Waals surface area contributed by atoms with Crippen LogP contribution >= 0.6 is 27.7 Å². The smallest absolute Gasteiger partial charge is 0.136 e. The monoisotopic (exact) mass is 299 g/mol. The maximum absolute atomic E-state index is 4.36. The highest BCUT2D eigenvalue weighted by molar-refractivity contribution is 9.10. The summed E-state index contributed by atoms with van der Waals surface area (Å²) in [6, 6.07) is 4.02. The molecule has 0 fully saturated rings. The van der Waals surface area contributed by atoms with Crippen molar-refractivity contribution in [2.24, 2.45) is 0 Å². The van der Waals surface area contributed by atoms with E-state index in [4.69, 9.17) is 0 Å². The first-order valence-corrected chi connectivity index (χ1v) is 7.31. The van der Waals surface area contributed by atoms with Crippen LogP contribution in [0.5, 0.6) is 0 Å². The summed E-state index contributed by atoms with van der Waals surface area (Å²) in [5.74, 6) is 1.14. The molecule has 0 aliphatic rings. The van der Waals surface area contributed by atoms with Crippen molar-refractivity contribution in [2.45, 2.75) is 6.54 Å². The van der Waals surface area contributed by atoms with Gasteiger partial charge in [0.1, 0.15) is 5.65 Å². The Bertz CT molecular complexity index is 469. The van der Waals surface area contributed by atoms with Crippen LogP contribution in [-0.2, 0) is 6.54 Å². The number of hydrogen-bond acceptors (Lipinski definition) is 3. The quantitative estimate of drug-likeness (QED) is 0.861. The molecule has 0 unspecified atom stereocenters. The lowest BCUT2D eigenvalue weighted by Crippen LogP contribution is -2.17. The van der Waals surface area contributed by atoms with Gasteiger partial charge in [-0.05, 0) is 34.3 Å². The standard InChI is InChI=1S/C11H14BrN3S/c1-16-5-4-13-6-10-7-14-11-3-2-9(12)8-15(10)11/h2-3,7-8,13H,4-6H2,1H3. The maximum Gasteiger partial charge on any atom is 0.136 e. The first kappa shape index (κ1) is 12.0. The van der Waals surface area contributed by atoms with Gasteiger partial charge in [-0.3, -0.25) is 0 Å². The van der Waals surface area contributed by atoms with E-state index in [1.165, 1.54) is 5.69 Å². The van der Waals surface area contributed by atoms with Crippen molar-refractivity contribution in [3.05, 3.63) is 34.7 Å². The fourth-order valence-electron chi connectivity index (χ4n) is 1.53. The molecule has 0 atom stereocenters. The Balaban J connectivity index is 2.09. The van der Waals surface area contributed by atoms with Crippen molar-refractivity contribution in [1.29, 1.82) is 0 Å². The lowest BCUT2D eigenvalue weighted by Gasteiger charge is -2.04. The molecule has 3 nitrogen and oxygen atoms in total. The molecule has 1 N–H and O–H groups in total. The van der Waals surface area contributed by atoms with Crippen LogP contribution in [-0.4, -0.2) is 27.9 Å². The molecular formula is C11H14BrN3S. The number of nitrogens with zero attached hydrogens (tertiary/aromatic N) is 2. The number of thioether (sulfide) groups is 1. The van der Waals surface area contributed by atoms with Crippen molar-refractivity contribution in [2.75, 3.05) is 18.6 Å². The summed E-state index contributed by atoms with van der Waals surface area (Å²) in [5, 5.41) is 3.40. The number of aromatic nitrogens is 2. The van der Waals surface area contributed by atoms with Crippen molar-refractivity contribution < 1.29 is 0 Å². The topological polar surface area (TPSA) is 29.3 Å². The summed E-state index contributed by atoms with van der Waals surface area (Å²) >= 11 is 5.32. The highest BCUT2D eigenvalue weighted by atomic mass is 79.9. The van der Waals surface area contributed by atoms with E-state index >= 15 is 0 Å². The molecule has 2 aromatic heterocycles. The Labute approximate surface area is 108 Å². The number of hydrogen-bond donors (Lipinski definition) is 1. The van der Waals surface area contributed by atoms with E-state index < -0.39 is 0 Å². The van der Waals surface area contributed by atoms with Crippen LogP contribution < -0.4 is 5.32 Å². The minimum absolute atomic E-state index is 0.859. The average molecular weight is 300 g/mol. The number of rotatable bonds is 5. The van der Waals surface area contributed by atoms with Gasteiger partial charge in [-0.1, -0.05) is 0 Å². The minimum Gasteiger partial charge on any atom is -0.310 e. The zero-order chi connectivity index (χ0) is 11.4. The van der Waals surface area contributed by atoms with Crippen LogP contribution in [0.25, 0.3) is 5.65 Å². The van der Waals surface area contributed by atoms with Crippen LogP contribution in [0.3, 0.4) is 0 Å². The summed E-state index contributed by atoms with van der Waals surface area (Å²) in [6.45, 7) is 1.89. The zero-order valence-corrected chi connectivity index (χ0v) is 11.5. The highest BCUT2D eigenvalue weighted by Gasteiger charge is 2.02. The van der Waals surface area contributed by atoms with E-state index in [0.29, 0.717) is 0 Å². The van der Waals surface area contributed by atoms with Gasteiger partial charge in [-0.2, -0.15) is 11.8 Å². The van der Waals surface area contributed by atoms with Gasteiger partial charge in [0.15, 0.2) is 0 Å². The van der Waals surface area contributed by atoms with E-state index in [9.17, 15) is 0 Å². The van der Waals surface area contributed by atoms with Gasteiger partial charge in [0.2, 0.25) is 0 Å². The number of nitrogens with one attached hydrogen (secondary N) is 1. The van der Waals surface area contributed by atoms with E-state index in [2.05, 4.69) is 36.9 Å². The molecule has 2 rings (SSSR count). The Kier molecular flexibility index (Phi) is 4.26. The lowest BCUT2D eigenvalue weighted by molar-refractivity contribution is 0.710. The van der Waals surface area contributed by atoms with Crippen LogP contribution in [0.2, 0.25) is 0 Å². The predicted octanol–water partition coefficient (Wildman–Crippen LogP) is 2.55. The second kappa shape index (κ2) is 5.70. The largest absolute Gasteiger partial charge is 0.310 e. The molecule has 16 heavy (non-hydrogen) atoms. The molecule has 86 valence electrons. The van der Waals surface area contributed by atoms with Gasteiger partial charge in [-0.25, -0.2) is 4.98 Å². The first-order chi connectivity index (χ1) is 7.81. The molecule has 0 aromatic carbocycles. The SMILES string of the molecule is CSCCNCc1cnc2ccc(Br)cn12. The second-order valence-electron chi connectivity index (χ2n) is 3.49. The molecule has 5 heteroatoms. The van der Waals surface area contributed by atoms with E-state index in [0.717, 1.165) is 29.0 Å². The van der Waals surface area contributed by atoms with E-state index in [-0.39, 0.29) is 0 Å². The third-order valence-corrected chi connectivity index (χ3v) is 3.42. The van der Waals surface area contributed by atoms with Crippen molar-refractivity contribution in [3.8, 4) is 0 Å². The van der Waals surface area contributed by atoms with Gasteiger partial charge < -0.3 is 9.72 Å². The van der Waals surface area contributed by atoms with Gasteiger partial charge in [-0.15, -0.1) is 0 Å². The van der Waals surface area contributed by atoms with Crippen LogP contribution in [0.4, 0.5) is 0 Å². The normalized spacial score (nSPS) is 11.1. The molecule has 0 saturated heterocycles. The summed E-state index contributed by atoms with van der Waals surface area (Å²) < 4.78 is 3.18. The summed E-state index contributed by atoms with van der Waals surface area (Å²) in [6.07, 6.45) is 6.09. The number of imidazole rings is 1. The molecule has 0 saturated carbocycles. The third-order valence-electron chi connectivity index (χ3n) is 2.34. The minimum atomic E-state index is 0.859. The molecule has 0 aliphatic carbocycles. The molecular weight excluding hydrogens is 286 g/mol. The lowest BCUT2D eigenvalue weighted by atomic mass is 10.4. The van der Waals surface area contributed by atoms with Gasteiger partial charge in [0.25, 0.3) is 0 Å². The number of pyridine rings is 1. The molecule has 0 aliphatic heterocycles. The van der Waals surface area contributed by atoms with Gasteiger partial charge in [0, 0.05) is 29.5 Å². The van der Waals surface area contributed by atoms with E-state index in [1.54, 1.807) is 0 Å². The van der Waals surface area contributed by atoms with Crippen LogP contribution in [0.15, 0.2) is 29.0 Å². The van der Waals surface area contributed by atoms with Crippen molar-refractivity contribution in [3.63, 3.8) is 0 Å². The molecule has 2 heterocycles. The molecule has 0 bridgehead atoms.